The molecule has 0 bridgehead atoms. The van der Waals surface area contributed by atoms with Gasteiger partial charge < -0.3 is 10.1 Å². The molecule has 0 aromatic heterocycles. The second-order valence-electron chi connectivity index (χ2n) is 5.11. The molecule has 1 atom stereocenters. The van der Waals surface area contributed by atoms with Crippen molar-refractivity contribution in [2.24, 2.45) is 0 Å². The summed E-state index contributed by atoms with van der Waals surface area (Å²) in [6, 6.07) is 6.63. The minimum atomic E-state index is -3.05. The van der Waals surface area contributed by atoms with Crippen LogP contribution in [0.2, 0.25) is 0 Å². The number of ether oxygens (including phenoxy) is 1. The molecule has 1 N–H and O–H groups in total. The van der Waals surface area contributed by atoms with Crippen molar-refractivity contribution >= 4 is 15.7 Å². The summed E-state index contributed by atoms with van der Waals surface area (Å²) in [4.78, 5) is 11.9. The number of nitrogens with one attached hydrogen (secondary N) is 1. The number of hydrogen-bond acceptors (Lipinski definition) is 4. The molecule has 1 amide bonds. The quantitative estimate of drug-likeness (QED) is 0.884. The van der Waals surface area contributed by atoms with Crippen LogP contribution in [0.1, 0.15) is 28.8 Å². The molecule has 1 fully saturated rings. The number of carbonyl (C=O) groups excluding carboxylic acids is 1. The highest BCUT2D eigenvalue weighted by molar-refractivity contribution is 7.89. The average molecular weight is 297 g/mol. The minimum Gasteiger partial charge on any atom is -0.376 e. The summed E-state index contributed by atoms with van der Waals surface area (Å²) >= 11 is 0. The predicted octanol–water partition coefficient (Wildman–Crippen LogP) is 1.14. The van der Waals surface area contributed by atoms with E-state index in [2.05, 4.69) is 5.32 Å². The van der Waals surface area contributed by atoms with Crippen LogP contribution in [0.5, 0.6) is 0 Å². The first-order chi connectivity index (χ1) is 9.44. The second-order valence-corrected chi connectivity index (χ2v) is 7.25. The first-order valence-electron chi connectivity index (χ1n) is 6.60. The lowest BCUT2D eigenvalue weighted by Crippen LogP contribution is -2.31. The van der Waals surface area contributed by atoms with Gasteiger partial charge in [0, 0.05) is 25.0 Å². The first-order valence-corrected chi connectivity index (χ1v) is 8.66. The fraction of sp³-hybridized carbons (Fsp3) is 0.500. The summed E-state index contributed by atoms with van der Waals surface area (Å²) in [6.45, 7) is 1.28. The van der Waals surface area contributed by atoms with Crippen LogP contribution >= 0.6 is 0 Å². The van der Waals surface area contributed by atoms with Crippen molar-refractivity contribution in [2.75, 3.05) is 19.4 Å². The molecule has 0 saturated carbocycles. The van der Waals surface area contributed by atoms with Crippen molar-refractivity contribution in [3.63, 3.8) is 0 Å². The van der Waals surface area contributed by atoms with Gasteiger partial charge in [-0.15, -0.1) is 0 Å². The van der Waals surface area contributed by atoms with Gasteiger partial charge in [-0.25, -0.2) is 8.42 Å². The largest absolute Gasteiger partial charge is 0.376 e. The third-order valence-corrected chi connectivity index (χ3v) is 4.02. The lowest BCUT2D eigenvalue weighted by Gasteiger charge is -2.11. The van der Waals surface area contributed by atoms with E-state index in [9.17, 15) is 13.2 Å². The molecule has 1 saturated heterocycles. The molecule has 1 aromatic carbocycles. The third-order valence-electron chi connectivity index (χ3n) is 3.16. The summed E-state index contributed by atoms with van der Waals surface area (Å²) in [5.41, 5.74) is 1.21. The van der Waals surface area contributed by atoms with Crippen molar-refractivity contribution < 1.29 is 17.9 Å². The van der Waals surface area contributed by atoms with E-state index in [0.717, 1.165) is 19.4 Å². The van der Waals surface area contributed by atoms with Crippen molar-refractivity contribution in [3.05, 3.63) is 35.4 Å². The van der Waals surface area contributed by atoms with Crippen molar-refractivity contribution in [2.45, 2.75) is 24.7 Å². The van der Waals surface area contributed by atoms with Gasteiger partial charge in [-0.1, -0.05) is 12.1 Å². The van der Waals surface area contributed by atoms with E-state index in [-0.39, 0.29) is 17.8 Å². The molecular weight excluding hydrogens is 278 g/mol. The van der Waals surface area contributed by atoms with Gasteiger partial charge >= 0.3 is 0 Å². The monoisotopic (exact) mass is 297 g/mol. The van der Waals surface area contributed by atoms with Crippen LogP contribution in [0.3, 0.4) is 0 Å². The SMILES string of the molecule is CS(=O)(=O)Cc1ccc(C(=O)NC[C@@H]2CCCO2)cc1. The van der Waals surface area contributed by atoms with Crippen molar-refractivity contribution in [3.8, 4) is 0 Å². The second kappa shape index (κ2) is 6.37. The Morgan fingerprint density at radius 2 is 2.05 bits per heavy atom. The summed E-state index contributed by atoms with van der Waals surface area (Å²) in [5.74, 6) is -0.170. The van der Waals surface area contributed by atoms with Crippen molar-refractivity contribution in [1.29, 1.82) is 0 Å². The van der Waals surface area contributed by atoms with Crippen LogP contribution in [-0.2, 0) is 20.3 Å². The number of benzene rings is 1. The molecule has 1 heterocycles. The molecule has 0 aliphatic carbocycles. The highest BCUT2D eigenvalue weighted by Gasteiger charge is 2.16. The van der Waals surface area contributed by atoms with Gasteiger partial charge in [0.05, 0.1) is 11.9 Å². The number of sulfone groups is 1. The average Bonchev–Trinajstić information content (AvgIpc) is 2.88. The predicted molar refractivity (Wildman–Crippen MR) is 76.3 cm³/mol. The van der Waals surface area contributed by atoms with Crippen LogP contribution < -0.4 is 5.32 Å². The highest BCUT2D eigenvalue weighted by Crippen LogP contribution is 2.11. The molecular formula is C14H19NO4S. The zero-order valence-electron chi connectivity index (χ0n) is 11.5. The van der Waals surface area contributed by atoms with Crippen molar-refractivity contribution in [1.82, 2.24) is 5.32 Å². The maximum absolute atomic E-state index is 11.9. The highest BCUT2D eigenvalue weighted by atomic mass is 32.2. The number of rotatable bonds is 5. The Balaban J connectivity index is 1.90. The Hall–Kier alpha value is -1.40. The number of hydrogen-bond donors (Lipinski definition) is 1. The Morgan fingerprint density at radius 1 is 1.35 bits per heavy atom. The first kappa shape index (κ1) is 15.0. The fourth-order valence-corrected chi connectivity index (χ4v) is 2.97. The van der Waals surface area contributed by atoms with Gasteiger partial charge in [0.15, 0.2) is 9.84 Å². The summed E-state index contributed by atoms with van der Waals surface area (Å²) in [6.07, 6.45) is 3.33. The maximum atomic E-state index is 11.9. The molecule has 2 rings (SSSR count). The van der Waals surface area contributed by atoms with E-state index in [1.165, 1.54) is 6.26 Å². The molecule has 6 heteroatoms. The van der Waals surface area contributed by atoms with Gasteiger partial charge in [0.2, 0.25) is 0 Å². The zero-order valence-corrected chi connectivity index (χ0v) is 12.3. The van der Waals surface area contributed by atoms with Gasteiger partial charge in [0.1, 0.15) is 0 Å². The molecule has 0 spiro atoms. The number of carbonyl (C=O) groups is 1. The molecule has 110 valence electrons. The molecule has 20 heavy (non-hydrogen) atoms. The van der Waals surface area contributed by atoms with Gasteiger partial charge in [0.25, 0.3) is 5.91 Å². The standard InChI is InChI=1S/C14H19NO4S/c1-20(17,18)10-11-4-6-12(7-5-11)14(16)15-9-13-3-2-8-19-13/h4-7,13H,2-3,8-10H2,1H3,(H,15,16)/t13-/m0/s1. The molecule has 0 unspecified atom stereocenters. The molecule has 1 aliphatic rings. The summed E-state index contributed by atoms with van der Waals surface area (Å²) in [5, 5.41) is 2.83. The Bertz CT molecular complexity index is 559. The third kappa shape index (κ3) is 4.61. The molecule has 0 radical (unpaired) electrons. The van der Waals surface area contributed by atoms with E-state index in [1.807, 2.05) is 0 Å². The lowest BCUT2D eigenvalue weighted by atomic mass is 10.1. The van der Waals surface area contributed by atoms with Crippen LogP contribution in [0.25, 0.3) is 0 Å². The number of amides is 1. The maximum Gasteiger partial charge on any atom is 0.251 e. The summed E-state index contributed by atoms with van der Waals surface area (Å²) in [7, 11) is -3.05. The Kier molecular flexibility index (Phi) is 4.77. The molecule has 1 aliphatic heterocycles. The topological polar surface area (TPSA) is 72.5 Å². The van der Waals surface area contributed by atoms with Gasteiger partial charge in [-0.2, -0.15) is 0 Å². The zero-order chi connectivity index (χ0) is 14.6. The Labute approximate surface area is 119 Å². The van der Waals surface area contributed by atoms with E-state index in [1.54, 1.807) is 24.3 Å². The van der Waals surface area contributed by atoms with Crippen LogP contribution in [-0.4, -0.2) is 39.8 Å². The van der Waals surface area contributed by atoms with Gasteiger partial charge in [-0.05, 0) is 30.5 Å². The summed E-state index contributed by atoms with van der Waals surface area (Å²) < 4.78 is 27.8. The Morgan fingerprint density at radius 3 is 2.60 bits per heavy atom. The van der Waals surface area contributed by atoms with Crippen LogP contribution in [0.4, 0.5) is 0 Å². The molecule has 5 nitrogen and oxygen atoms in total. The molecule has 1 aromatic rings. The van der Waals surface area contributed by atoms with E-state index in [0.29, 0.717) is 17.7 Å². The fourth-order valence-electron chi connectivity index (χ4n) is 2.17. The van der Waals surface area contributed by atoms with E-state index < -0.39 is 9.84 Å². The van der Waals surface area contributed by atoms with E-state index >= 15 is 0 Å². The van der Waals surface area contributed by atoms with E-state index in [4.69, 9.17) is 4.74 Å². The van der Waals surface area contributed by atoms with Crippen LogP contribution in [0.15, 0.2) is 24.3 Å². The lowest BCUT2D eigenvalue weighted by molar-refractivity contribution is 0.0858. The smallest absolute Gasteiger partial charge is 0.251 e. The van der Waals surface area contributed by atoms with Gasteiger partial charge in [-0.3, -0.25) is 4.79 Å². The minimum absolute atomic E-state index is 0.00911. The van der Waals surface area contributed by atoms with Crippen LogP contribution in [0, 0.1) is 0 Å². The normalized spacial score (nSPS) is 18.9.